The first-order chi connectivity index (χ1) is 20.4. The average Bonchev–Trinajstić information content (AvgIpc) is 3.30. The summed E-state index contributed by atoms with van der Waals surface area (Å²) in [6.45, 7) is 3.50. The molecule has 3 aromatic carbocycles. The number of fused-ring (bicyclic) bond motifs is 1. The lowest BCUT2D eigenvalue weighted by atomic mass is 9.95. The third-order valence-corrected chi connectivity index (χ3v) is 7.57. The van der Waals surface area contributed by atoms with Crippen LogP contribution in [0.25, 0.3) is 6.08 Å². The maximum Gasteiger partial charge on any atom is 0.344 e. The molecule has 0 fully saturated rings. The van der Waals surface area contributed by atoms with Crippen LogP contribution in [0.2, 0.25) is 0 Å². The van der Waals surface area contributed by atoms with Crippen molar-refractivity contribution in [2.24, 2.45) is 4.99 Å². The SMILES string of the molecule is CCOC(=O)COc1ccccc1/C=c1/sc2n(c1=O)[C@@H](c1ccc(OC)cc1)C(C(=O)Nc1ccccc1)=C(C)N=2. The second-order valence-corrected chi connectivity index (χ2v) is 10.3. The molecular weight excluding hydrogens is 554 g/mol. The number of para-hydroxylation sites is 2. The number of carbonyl (C=O) groups is 2. The molecule has 10 heteroatoms. The van der Waals surface area contributed by atoms with Crippen LogP contribution >= 0.6 is 11.3 Å². The van der Waals surface area contributed by atoms with Gasteiger partial charge in [-0.05, 0) is 55.8 Å². The Bertz CT molecular complexity index is 1820. The molecule has 0 spiro atoms. The van der Waals surface area contributed by atoms with Crippen LogP contribution in [0.5, 0.6) is 11.5 Å². The van der Waals surface area contributed by atoms with Crippen molar-refractivity contribution < 1.29 is 23.8 Å². The monoisotopic (exact) mass is 583 g/mol. The first kappa shape index (κ1) is 28.6. The van der Waals surface area contributed by atoms with Gasteiger partial charge in [-0.1, -0.05) is 59.9 Å². The fraction of sp³-hybridized carbons (Fsp3) is 0.188. The molecule has 1 atom stereocenters. The van der Waals surface area contributed by atoms with E-state index < -0.39 is 12.0 Å². The number of benzene rings is 3. The number of nitrogens with one attached hydrogen (secondary N) is 1. The third-order valence-electron chi connectivity index (χ3n) is 6.59. The molecule has 214 valence electrons. The van der Waals surface area contributed by atoms with E-state index in [1.54, 1.807) is 74.1 Å². The van der Waals surface area contributed by atoms with E-state index in [0.717, 1.165) is 5.56 Å². The lowest BCUT2D eigenvalue weighted by molar-refractivity contribution is -0.145. The van der Waals surface area contributed by atoms with Crippen LogP contribution in [0.3, 0.4) is 0 Å². The molecule has 5 rings (SSSR count). The van der Waals surface area contributed by atoms with Crippen LogP contribution < -0.4 is 29.7 Å². The second-order valence-electron chi connectivity index (χ2n) is 9.31. The Kier molecular flexibility index (Phi) is 8.63. The molecule has 4 aromatic rings. The van der Waals surface area contributed by atoms with E-state index in [2.05, 4.69) is 10.3 Å². The molecule has 9 nitrogen and oxygen atoms in total. The lowest BCUT2D eigenvalue weighted by Crippen LogP contribution is -2.40. The summed E-state index contributed by atoms with van der Waals surface area (Å²) in [5.41, 5.74) is 2.54. The zero-order valence-corrected chi connectivity index (χ0v) is 24.1. The molecule has 0 bridgehead atoms. The Balaban J connectivity index is 1.60. The molecule has 0 unspecified atom stereocenters. The number of ether oxygens (including phenoxy) is 3. The van der Waals surface area contributed by atoms with Crippen LogP contribution in [-0.4, -0.2) is 36.8 Å². The van der Waals surface area contributed by atoms with Gasteiger partial charge in [0.2, 0.25) is 0 Å². The molecule has 1 aliphatic rings. The Morgan fingerprint density at radius 3 is 2.45 bits per heavy atom. The fourth-order valence-electron chi connectivity index (χ4n) is 4.65. The minimum absolute atomic E-state index is 0.253. The number of amides is 1. The van der Waals surface area contributed by atoms with Crippen LogP contribution in [-0.2, 0) is 14.3 Å². The number of rotatable bonds is 9. The standard InChI is InChI=1S/C32H29N3O6S/c1-4-40-27(36)19-41-25-13-9-8-10-22(25)18-26-31(38)35-29(21-14-16-24(39-3)17-15-21)28(20(2)33-32(35)42-26)30(37)34-23-11-6-5-7-12-23/h5-18,29H,4,19H2,1-3H3,(H,34,37)/b26-18+/t29-/m0/s1. The number of aromatic nitrogens is 1. The molecule has 2 heterocycles. The molecule has 0 aliphatic carbocycles. The van der Waals surface area contributed by atoms with E-state index in [4.69, 9.17) is 14.2 Å². The number of anilines is 1. The highest BCUT2D eigenvalue weighted by molar-refractivity contribution is 7.07. The number of thiazole rings is 1. The molecule has 42 heavy (non-hydrogen) atoms. The van der Waals surface area contributed by atoms with Gasteiger partial charge in [-0.3, -0.25) is 14.2 Å². The summed E-state index contributed by atoms with van der Waals surface area (Å²) in [5, 5.41) is 2.95. The summed E-state index contributed by atoms with van der Waals surface area (Å²) in [5.74, 6) is 0.252. The topological polar surface area (TPSA) is 108 Å². The maximum atomic E-state index is 14.0. The zero-order chi connectivity index (χ0) is 29.6. The number of methoxy groups -OCH3 is 1. The Morgan fingerprint density at radius 1 is 1.02 bits per heavy atom. The van der Waals surface area contributed by atoms with Crippen LogP contribution in [0.15, 0.2) is 99.9 Å². The summed E-state index contributed by atoms with van der Waals surface area (Å²) in [6.07, 6.45) is 1.71. The molecule has 0 radical (unpaired) electrons. The van der Waals surface area contributed by atoms with E-state index in [1.807, 2.05) is 36.4 Å². The van der Waals surface area contributed by atoms with Gasteiger partial charge in [-0.2, -0.15) is 0 Å². The summed E-state index contributed by atoms with van der Waals surface area (Å²) in [7, 11) is 1.58. The van der Waals surface area contributed by atoms with Gasteiger partial charge >= 0.3 is 5.97 Å². The normalized spacial score (nSPS) is 14.5. The number of esters is 1. The van der Waals surface area contributed by atoms with Gasteiger partial charge < -0.3 is 19.5 Å². The summed E-state index contributed by atoms with van der Waals surface area (Å²) in [6, 6.07) is 22.8. The zero-order valence-electron chi connectivity index (χ0n) is 23.3. The highest BCUT2D eigenvalue weighted by Crippen LogP contribution is 2.31. The number of hydrogen-bond acceptors (Lipinski definition) is 8. The quantitative estimate of drug-likeness (QED) is 0.300. The van der Waals surface area contributed by atoms with Crippen molar-refractivity contribution in [3.63, 3.8) is 0 Å². The number of allylic oxidation sites excluding steroid dienone is 1. The van der Waals surface area contributed by atoms with Crippen molar-refractivity contribution in [2.75, 3.05) is 25.6 Å². The first-order valence-electron chi connectivity index (χ1n) is 13.3. The van der Waals surface area contributed by atoms with E-state index in [-0.39, 0.29) is 24.7 Å². The predicted molar refractivity (Wildman–Crippen MR) is 160 cm³/mol. The van der Waals surface area contributed by atoms with Gasteiger partial charge in [0.05, 0.1) is 35.6 Å². The summed E-state index contributed by atoms with van der Waals surface area (Å²) in [4.78, 5) is 44.7. The average molecular weight is 584 g/mol. The second kappa shape index (κ2) is 12.7. The van der Waals surface area contributed by atoms with Crippen LogP contribution in [0.4, 0.5) is 5.69 Å². The van der Waals surface area contributed by atoms with Crippen molar-refractivity contribution in [2.45, 2.75) is 19.9 Å². The van der Waals surface area contributed by atoms with Crippen molar-refractivity contribution >= 4 is 35.0 Å². The molecular formula is C32H29N3O6S. The smallest absolute Gasteiger partial charge is 0.344 e. The minimum atomic E-state index is -0.728. The van der Waals surface area contributed by atoms with Gasteiger partial charge in [0.15, 0.2) is 11.4 Å². The number of carbonyl (C=O) groups excluding carboxylic acids is 2. The molecule has 0 saturated heterocycles. The lowest BCUT2D eigenvalue weighted by Gasteiger charge is -2.25. The van der Waals surface area contributed by atoms with E-state index in [0.29, 0.717) is 43.4 Å². The maximum absolute atomic E-state index is 14.0. The number of hydrogen-bond donors (Lipinski definition) is 1. The molecule has 1 amide bonds. The van der Waals surface area contributed by atoms with Gasteiger partial charge in [0, 0.05) is 11.3 Å². The third kappa shape index (κ3) is 6.03. The molecule has 1 aliphatic heterocycles. The van der Waals surface area contributed by atoms with Crippen molar-refractivity contribution in [3.05, 3.63) is 121 Å². The highest BCUT2D eigenvalue weighted by atomic mass is 32.1. The molecule has 1 aromatic heterocycles. The molecule has 0 saturated carbocycles. The molecule has 1 N–H and O–H groups in total. The highest BCUT2D eigenvalue weighted by Gasteiger charge is 2.32. The largest absolute Gasteiger partial charge is 0.497 e. The van der Waals surface area contributed by atoms with Crippen molar-refractivity contribution in [3.8, 4) is 11.5 Å². The van der Waals surface area contributed by atoms with E-state index in [1.165, 1.54) is 11.3 Å². The van der Waals surface area contributed by atoms with E-state index in [9.17, 15) is 14.4 Å². The van der Waals surface area contributed by atoms with Gasteiger partial charge in [-0.25, -0.2) is 9.79 Å². The Hall–Kier alpha value is -4.96. The number of nitrogens with zero attached hydrogens (tertiary/aromatic N) is 2. The summed E-state index contributed by atoms with van der Waals surface area (Å²) >= 11 is 1.22. The van der Waals surface area contributed by atoms with E-state index >= 15 is 0 Å². The van der Waals surface area contributed by atoms with Crippen molar-refractivity contribution in [1.82, 2.24) is 4.57 Å². The van der Waals surface area contributed by atoms with Gasteiger partial charge in [0.25, 0.3) is 11.5 Å². The van der Waals surface area contributed by atoms with Crippen LogP contribution in [0, 0.1) is 0 Å². The first-order valence-corrected chi connectivity index (χ1v) is 14.1. The van der Waals surface area contributed by atoms with Crippen LogP contribution in [0.1, 0.15) is 31.0 Å². The van der Waals surface area contributed by atoms with Gasteiger partial charge in [-0.15, -0.1) is 0 Å². The Labute approximate surface area is 246 Å². The predicted octanol–water partition coefficient (Wildman–Crippen LogP) is 3.82. The fourth-order valence-corrected chi connectivity index (χ4v) is 5.68. The van der Waals surface area contributed by atoms with Gasteiger partial charge in [0.1, 0.15) is 11.5 Å². The minimum Gasteiger partial charge on any atom is -0.497 e. The summed E-state index contributed by atoms with van der Waals surface area (Å²) < 4.78 is 17.9. The van der Waals surface area contributed by atoms with Crippen molar-refractivity contribution in [1.29, 1.82) is 0 Å². The Morgan fingerprint density at radius 2 is 1.74 bits per heavy atom.